The van der Waals surface area contributed by atoms with E-state index in [4.69, 9.17) is 31.4 Å². The number of fused-ring (bicyclic) bond motifs is 5. The lowest BCUT2D eigenvalue weighted by Crippen LogP contribution is -2.51. The molecule has 0 aromatic rings. The fourth-order valence-electron chi connectivity index (χ4n) is 11.2. The molecule has 0 radical (unpaired) electrons. The van der Waals surface area contributed by atoms with Crippen molar-refractivity contribution in [1.29, 1.82) is 0 Å². The van der Waals surface area contributed by atoms with Crippen LogP contribution in [0.1, 0.15) is 145 Å². The average Bonchev–Trinajstić information content (AvgIpc) is 3.48. The maximum absolute atomic E-state index is 12.9. The third kappa shape index (κ3) is 12.6. The van der Waals surface area contributed by atoms with Crippen molar-refractivity contribution >= 4 is 23.8 Å². The van der Waals surface area contributed by atoms with Gasteiger partial charge >= 0.3 is 6.09 Å². The van der Waals surface area contributed by atoms with E-state index in [1.54, 1.807) is 6.92 Å². The second kappa shape index (κ2) is 20.7. The summed E-state index contributed by atoms with van der Waals surface area (Å²) in [7, 11) is 0. The van der Waals surface area contributed by atoms with Gasteiger partial charge in [-0.15, -0.1) is 0 Å². The molecule has 0 bridgehead atoms. The van der Waals surface area contributed by atoms with E-state index in [9.17, 15) is 9.59 Å². The molecule has 8 N–H and O–H groups in total. The molecule has 12 nitrogen and oxygen atoms in total. The van der Waals surface area contributed by atoms with Gasteiger partial charge in [-0.1, -0.05) is 65.5 Å². The van der Waals surface area contributed by atoms with Crippen LogP contribution in [-0.2, 0) is 19.0 Å². The first-order valence-corrected chi connectivity index (χ1v) is 22.0. The number of carbonyl (C=O) groups is 2. The van der Waals surface area contributed by atoms with Crippen LogP contribution >= 0.6 is 0 Å². The number of allylic oxidation sites excluding steroid dienone is 1. The summed E-state index contributed by atoms with van der Waals surface area (Å²) >= 11 is 0. The molecule has 0 aliphatic heterocycles. The summed E-state index contributed by atoms with van der Waals surface area (Å²) in [5, 5.41) is 5.74. The summed E-state index contributed by atoms with van der Waals surface area (Å²) in [6.07, 6.45) is 17.8. The molecule has 0 aromatic heterocycles. The Morgan fingerprint density at radius 3 is 2.30 bits per heavy atom. The van der Waals surface area contributed by atoms with E-state index in [1.807, 2.05) is 13.8 Å². The summed E-state index contributed by atoms with van der Waals surface area (Å²) in [4.78, 5) is 33.9. The molecule has 9 atom stereocenters. The zero-order chi connectivity index (χ0) is 41.1. The van der Waals surface area contributed by atoms with Crippen LogP contribution < -0.4 is 27.8 Å². The highest BCUT2D eigenvalue weighted by Gasteiger charge is 2.59. The lowest BCUT2D eigenvalue weighted by molar-refractivity contribution is -0.211. The molecule has 4 aliphatic rings. The van der Waals surface area contributed by atoms with Crippen LogP contribution in [-0.4, -0.2) is 74.6 Å². The first-order chi connectivity index (χ1) is 26.4. The number of ether oxygens (including phenoxy) is 3. The minimum Gasteiger partial charge on any atom is -0.446 e. The predicted octanol–water partition coefficient (Wildman–Crippen LogP) is 7.20. The van der Waals surface area contributed by atoms with Crippen molar-refractivity contribution in [2.75, 3.05) is 32.8 Å². The molecule has 3 fully saturated rings. The zero-order valence-electron chi connectivity index (χ0n) is 36.3. The largest absolute Gasteiger partial charge is 0.446 e. The predicted molar refractivity (Wildman–Crippen MR) is 226 cm³/mol. The molecule has 9 unspecified atom stereocenters. The fourth-order valence-corrected chi connectivity index (χ4v) is 11.2. The first-order valence-electron chi connectivity index (χ1n) is 22.0. The summed E-state index contributed by atoms with van der Waals surface area (Å²) in [5.41, 5.74) is 18.7. The number of aliphatic imine (C=N–C) groups is 2. The van der Waals surface area contributed by atoms with Crippen molar-refractivity contribution in [2.45, 2.75) is 163 Å². The number of nitrogens with zero attached hydrogens (tertiary/aromatic N) is 2. The standard InChI is InChI=1S/C44H79N7O5/c1-29(2)12-11-13-30(3)35-17-18-36-34-16-15-32-28-33(19-21-43(32,7)37(34)20-22-44(35,36)8)56-41(53)50-25-27-55-42(5,6)54-26-24-48-39(52)38(51-31(4)45)14-9-10-23-49-40(46)47/h15,29-30,33-38H,9-14,16-28H2,1-8H3,(H2,45,51)(H,48,52)(H,50,53)(H4,46,47,49). The van der Waals surface area contributed by atoms with Gasteiger partial charge in [0.05, 0.1) is 19.0 Å². The number of guanidine groups is 1. The lowest BCUT2D eigenvalue weighted by Gasteiger charge is -2.58. The Morgan fingerprint density at radius 1 is 0.911 bits per heavy atom. The normalized spacial score (nSPS) is 30.0. The second-order valence-electron chi connectivity index (χ2n) is 19.0. The molecule has 12 heteroatoms. The molecule has 2 amide bonds. The molecule has 3 saturated carbocycles. The molecule has 0 heterocycles. The van der Waals surface area contributed by atoms with Crippen molar-refractivity contribution in [3.05, 3.63) is 11.6 Å². The van der Waals surface area contributed by atoms with Crippen LogP contribution in [0.2, 0.25) is 0 Å². The van der Waals surface area contributed by atoms with E-state index in [0.29, 0.717) is 30.8 Å². The van der Waals surface area contributed by atoms with E-state index >= 15 is 0 Å². The third-order valence-corrected chi connectivity index (χ3v) is 14.0. The Morgan fingerprint density at radius 2 is 1.62 bits per heavy atom. The van der Waals surface area contributed by atoms with Crippen LogP contribution in [0.5, 0.6) is 0 Å². The van der Waals surface area contributed by atoms with E-state index in [-0.39, 0.29) is 43.1 Å². The van der Waals surface area contributed by atoms with Gasteiger partial charge in [0.15, 0.2) is 11.7 Å². The van der Waals surface area contributed by atoms with Gasteiger partial charge < -0.3 is 42.0 Å². The van der Waals surface area contributed by atoms with Crippen molar-refractivity contribution < 1.29 is 23.8 Å². The highest BCUT2D eigenvalue weighted by atomic mass is 16.7. The minimum atomic E-state index is -0.909. The number of alkyl carbamates (subject to hydrolysis) is 1. The van der Waals surface area contributed by atoms with Gasteiger partial charge in [0.1, 0.15) is 12.1 Å². The van der Waals surface area contributed by atoms with Crippen molar-refractivity contribution in [3.8, 4) is 0 Å². The summed E-state index contributed by atoms with van der Waals surface area (Å²) in [6, 6.07) is -0.592. The molecule has 4 aliphatic carbocycles. The van der Waals surface area contributed by atoms with Gasteiger partial charge in [-0.25, -0.2) is 4.79 Å². The minimum absolute atomic E-state index is 0.0540. The quantitative estimate of drug-likeness (QED) is 0.0266. The number of unbranched alkanes of at least 4 members (excludes halogenated alkanes) is 1. The van der Waals surface area contributed by atoms with Crippen LogP contribution in [0.25, 0.3) is 0 Å². The number of nitrogens with one attached hydrogen (secondary N) is 2. The molecule has 0 spiro atoms. The van der Waals surface area contributed by atoms with Crippen molar-refractivity contribution in [2.24, 2.45) is 73.5 Å². The van der Waals surface area contributed by atoms with Gasteiger partial charge in [-0.3, -0.25) is 14.8 Å². The number of hydrogen-bond donors (Lipinski definition) is 5. The molecule has 0 saturated heterocycles. The Balaban J connectivity index is 1.14. The Bertz CT molecular complexity index is 1370. The van der Waals surface area contributed by atoms with E-state index in [2.05, 4.69) is 61.3 Å². The molecule has 56 heavy (non-hydrogen) atoms. The molecule has 0 aromatic carbocycles. The van der Waals surface area contributed by atoms with Gasteiger partial charge in [0, 0.05) is 26.1 Å². The second-order valence-corrected chi connectivity index (χ2v) is 19.0. The number of amidine groups is 1. The molecule has 4 rings (SSSR count). The average molecular weight is 786 g/mol. The lowest BCUT2D eigenvalue weighted by atomic mass is 9.47. The van der Waals surface area contributed by atoms with Gasteiger partial charge in [-0.2, -0.15) is 0 Å². The SMILES string of the molecule is CC(N)=NC(CCCCN=C(N)N)C(=O)NCCOC(C)(C)OCCNC(=O)OC1CCC2(C)C(=CCC3C2CCC2(C)C(C(C)CCCC(C)C)CCC32)C1. The van der Waals surface area contributed by atoms with E-state index in [0.717, 1.165) is 67.6 Å². The monoisotopic (exact) mass is 786 g/mol. The van der Waals surface area contributed by atoms with Gasteiger partial charge in [-0.05, 0) is 131 Å². The van der Waals surface area contributed by atoms with Gasteiger partial charge in [0.2, 0.25) is 5.91 Å². The van der Waals surface area contributed by atoms with Crippen LogP contribution in [0.3, 0.4) is 0 Å². The molecule has 320 valence electrons. The Labute approximate surface area is 338 Å². The number of amides is 2. The fraction of sp³-hybridized carbons (Fsp3) is 0.864. The van der Waals surface area contributed by atoms with E-state index in [1.165, 1.54) is 56.9 Å². The third-order valence-electron chi connectivity index (χ3n) is 14.0. The Kier molecular flexibility index (Phi) is 17.0. The summed E-state index contributed by atoms with van der Waals surface area (Å²) in [5.74, 6) is 4.16. The first kappa shape index (κ1) is 45.8. The number of rotatable bonds is 21. The molecular formula is C44H79N7O5. The molecular weight excluding hydrogens is 707 g/mol. The van der Waals surface area contributed by atoms with Crippen LogP contribution in [0, 0.1) is 46.3 Å². The van der Waals surface area contributed by atoms with Crippen LogP contribution in [0.4, 0.5) is 4.79 Å². The number of nitrogens with two attached hydrogens (primary N) is 3. The maximum atomic E-state index is 12.9. The highest BCUT2D eigenvalue weighted by Crippen LogP contribution is 2.67. The number of carbonyl (C=O) groups excluding carboxylic acids is 2. The summed E-state index contributed by atoms with van der Waals surface area (Å²) < 4.78 is 17.8. The zero-order valence-corrected chi connectivity index (χ0v) is 36.3. The summed E-state index contributed by atoms with van der Waals surface area (Å²) in [6.45, 7) is 19.3. The topological polar surface area (TPSA) is 189 Å². The van der Waals surface area contributed by atoms with Crippen molar-refractivity contribution in [3.63, 3.8) is 0 Å². The Hall–Kier alpha value is -2.86. The van der Waals surface area contributed by atoms with Crippen molar-refractivity contribution in [1.82, 2.24) is 10.6 Å². The highest BCUT2D eigenvalue weighted by molar-refractivity contribution is 5.86. The van der Waals surface area contributed by atoms with Crippen LogP contribution in [0.15, 0.2) is 21.6 Å². The maximum Gasteiger partial charge on any atom is 0.407 e. The van der Waals surface area contributed by atoms with E-state index < -0.39 is 17.9 Å². The number of hydrogen-bond acceptors (Lipinski definition) is 7. The van der Waals surface area contributed by atoms with Gasteiger partial charge in [0.25, 0.3) is 0 Å². The smallest absolute Gasteiger partial charge is 0.407 e.